The number of benzene rings is 2. The van der Waals surface area contributed by atoms with Crippen molar-refractivity contribution in [3.8, 4) is 5.75 Å². The number of methoxy groups -OCH3 is 1. The van der Waals surface area contributed by atoms with Gasteiger partial charge in [0.25, 0.3) is 5.91 Å². The van der Waals surface area contributed by atoms with Crippen molar-refractivity contribution in [1.29, 1.82) is 0 Å². The molecule has 1 aliphatic rings. The summed E-state index contributed by atoms with van der Waals surface area (Å²) in [6.07, 6.45) is 4.42. The number of ether oxygens (including phenoxy) is 1. The fourth-order valence-electron chi connectivity index (χ4n) is 3.23. The first-order valence-electron chi connectivity index (χ1n) is 9.79. The van der Waals surface area contributed by atoms with Crippen LogP contribution in [0.2, 0.25) is 0 Å². The number of carbonyl (C=O) groups excluding carboxylic acids is 1. The molecule has 4 rings (SSSR count). The third kappa shape index (κ3) is 4.77. The van der Waals surface area contributed by atoms with Crippen LogP contribution in [-0.4, -0.2) is 48.3 Å². The van der Waals surface area contributed by atoms with Crippen molar-refractivity contribution in [3.63, 3.8) is 0 Å². The van der Waals surface area contributed by atoms with Gasteiger partial charge < -0.3 is 10.1 Å². The van der Waals surface area contributed by atoms with Crippen LogP contribution in [-0.2, 0) is 21.5 Å². The molecule has 0 spiro atoms. The molecular weight excluding hydrogens is 449 g/mol. The summed E-state index contributed by atoms with van der Waals surface area (Å²) < 4.78 is 49.7. The number of halogens is 1. The predicted octanol–water partition coefficient (Wildman–Crippen LogP) is 2.58. The number of hydrogen-bond donors (Lipinski definition) is 1. The molecule has 11 heteroatoms. The third-order valence-electron chi connectivity index (χ3n) is 4.94. The van der Waals surface area contributed by atoms with Crippen LogP contribution in [0.1, 0.15) is 11.1 Å². The van der Waals surface area contributed by atoms with E-state index in [1.165, 1.54) is 38.6 Å². The first-order chi connectivity index (χ1) is 15.8. The Morgan fingerprint density at radius 2 is 1.88 bits per heavy atom. The Labute approximate surface area is 190 Å². The van der Waals surface area contributed by atoms with Gasteiger partial charge in [-0.25, -0.2) is 8.70 Å². The number of rotatable bonds is 6. The van der Waals surface area contributed by atoms with Crippen LogP contribution in [0, 0.1) is 5.82 Å². The second-order valence-corrected chi connectivity index (χ2v) is 8.78. The topological polar surface area (TPSA) is 106 Å². The number of nitrogens with one attached hydrogen (secondary N) is 1. The summed E-state index contributed by atoms with van der Waals surface area (Å²) in [6.45, 7) is 0.373. The number of anilines is 1. The van der Waals surface area contributed by atoms with E-state index in [-0.39, 0.29) is 17.2 Å². The van der Waals surface area contributed by atoms with E-state index in [0.717, 1.165) is 9.87 Å². The molecule has 3 aromatic rings. The second kappa shape index (κ2) is 8.87. The Balaban J connectivity index is 1.57. The van der Waals surface area contributed by atoms with Gasteiger partial charge in [0.2, 0.25) is 0 Å². The van der Waals surface area contributed by atoms with Gasteiger partial charge in [0.15, 0.2) is 0 Å². The lowest BCUT2D eigenvalue weighted by Gasteiger charge is -2.23. The van der Waals surface area contributed by atoms with Crippen molar-refractivity contribution >= 4 is 27.5 Å². The largest absolute Gasteiger partial charge is 0.496 e. The molecule has 170 valence electrons. The maximum Gasteiger partial charge on any atom is 0.345 e. The summed E-state index contributed by atoms with van der Waals surface area (Å²) in [4.78, 5) is 13.0. The molecule has 0 atom stereocenters. The van der Waals surface area contributed by atoms with E-state index < -0.39 is 16.1 Å². The molecule has 0 saturated carbocycles. The van der Waals surface area contributed by atoms with Gasteiger partial charge in [0, 0.05) is 18.8 Å². The molecule has 1 aromatic heterocycles. The molecule has 0 saturated heterocycles. The molecule has 2 heterocycles. The van der Waals surface area contributed by atoms with Gasteiger partial charge in [0.1, 0.15) is 17.3 Å². The summed E-state index contributed by atoms with van der Waals surface area (Å²) in [7, 11) is -1.41. The van der Waals surface area contributed by atoms with Gasteiger partial charge in [-0.15, -0.1) is 4.40 Å². The summed E-state index contributed by atoms with van der Waals surface area (Å²) >= 11 is 0. The summed E-state index contributed by atoms with van der Waals surface area (Å²) in [5.74, 6) is -0.554. The molecule has 0 aliphatic carbocycles. The highest BCUT2D eigenvalue weighted by Crippen LogP contribution is 2.25. The van der Waals surface area contributed by atoms with E-state index in [1.54, 1.807) is 47.3 Å². The van der Waals surface area contributed by atoms with E-state index in [2.05, 4.69) is 14.8 Å². The van der Waals surface area contributed by atoms with E-state index in [4.69, 9.17) is 4.74 Å². The fourth-order valence-corrected chi connectivity index (χ4v) is 4.14. The normalized spacial score (nSPS) is 14.9. The minimum Gasteiger partial charge on any atom is -0.496 e. The maximum atomic E-state index is 13.1. The third-order valence-corrected chi connectivity index (χ3v) is 6.25. The Morgan fingerprint density at radius 1 is 1.15 bits per heavy atom. The van der Waals surface area contributed by atoms with Gasteiger partial charge in [-0.3, -0.25) is 9.48 Å². The fraction of sp³-hybridized carbons (Fsp3) is 0.136. The van der Waals surface area contributed by atoms with Crippen LogP contribution in [0.15, 0.2) is 77.1 Å². The zero-order valence-corrected chi connectivity index (χ0v) is 18.6. The monoisotopic (exact) mass is 469 g/mol. The highest BCUT2D eigenvalue weighted by Gasteiger charge is 2.31. The van der Waals surface area contributed by atoms with Crippen molar-refractivity contribution in [2.75, 3.05) is 19.5 Å². The Kier molecular flexibility index (Phi) is 5.97. The zero-order chi connectivity index (χ0) is 23.6. The van der Waals surface area contributed by atoms with Crippen LogP contribution in [0.25, 0.3) is 0 Å². The number of allylic oxidation sites excluding steroid dienone is 1. The molecular formula is C22H20FN5O4S. The Morgan fingerprint density at radius 3 is 2.61 bits per heavy atom. The number of nitrogens with zero attached hydrogens (tertiary/aromatic N) is 4. The van der Waals surface area contributed by atoms with Crippen LogP contribution in [0.5, 0.6) is 5.75 Å². The van der Waals surface area contributed by atoms with Crippen molar-refractivity contribution in [2.24, 2.45) is 4.40 Å². The first kappa shape index (κ1) is 22.2. The Hall–Kier alpha value is -3.99. The lowest BCUT2D eigenvalue weighted by atomic mass is 10.1. The van der Waals surface area contributed by atoms with Gasteiger partial charge in [0.05, 0.1) is 31.3 Å². The highest BCUT2D eigenvalue weighted by molar-refractivity contribution is 7.88. The van der Waals surface area contributed by atoms with E-state index in [0.29, 0.717) is 23.5 Å². The number of likely N-dealkylation sites (N-methyl/N-ethyl adjacent to an activating group) is 1. The highest BCUT2D eigenvalue weighted by atomic mass is 32.2. The quantitative estimate of drug-likeness (QED) is 0.597. The van der Waals surface area contributed by atoms with Gasteiger partial charge in [-0.2, -0.15) is 13.5 Å². The average molecular weight is 469 g/mol. The maximum absolute atomic E-state index is 13.1. The summed E-state index contributed by atoms with van der Waals surface area (Å²) in [5, 5.41) is 6.83. The molecule has 0 unspecified atom stereocenters. The standard InChI is InChI=1S/C22H20FN5O4S/c1-27-20(11-19(26-33(27,30)31)18-5-3-4-6-21(18)32-2)22(29)25-17-12-24-28(14-17)13-15-7-9-16(23)10-8-15/h3-12,14H,13H2,1-2H3,(H,25,29). The molecule has 33 heavy (non-hydrogen) atoms. The van der Waals surface area contributed by atoms with E-state index in [1.807, 2.05) is 0 Å². The minimum atomic E-state index is -4.12. The number of hydrogen-bond acceptors (Lipinski definition) is 5. The molecule has 2 aromatic carbocycles. The van der Waals surface area contributed by atoms with Crippen LogP contribution in [0.3, 0.4) is 0 Å². The van der Waals surface area contributed by atoms with Crippen LogP contribution < -0.4 is 10.1 Å². The molecule has 0 radical (unpaired) electrons. The number of para-hydroxylation sites is 1. The lowest BCUT2D eigenvalue weighted by Crippen LogP contribution is -2.35. The van der Waals surface area contributed by atoms with Gasteiger partial charge in [-0.1, -0.05) is 24.3 Å². The van der Waals surface area contributed by atoms with E-state index in [9.17, 15) is 17.6 Å². The number of aromatic nitrogens is 2. The van der Waals surface area contributed by atoms with Crippen molar-refractivity contribution in [2.45, 2.75) is 6.54 Å². The number of amides is 1. The molecule has 0 fully saturated rings. The van der Waals surface area contributed by atoms with E-state index >= 15 is 0 Å². The van der Waals surface area contributed by atoms with Crippen molar-refractivity contribution < 1.29 is 22.3 Å². The van der Waals surface area contributed by atoms with Crippen LogP contribution in [0.4, 0.5) is 10.1 Å². The lowest BCUT2D eigenvalue weighted by molar-refractivity contribution is -0.113. The van der Waals surface area contributed by atoms with Gasteiger partial charge >= 0.3 is 10.2 Å². The first-order valence-corrected chi connectivity index (χ1v) is 11.2. The van der Waals surface area contributed by atoms with Crippen molar-refractivity contribution in [1.82, 2.24) is 14.1 Å². The average Bonchev–Trinajstić information content (AvgIpc) is 3.23. The molecule has 9 nitrogen and oxygen atoms in total. The van der Waals surface area contributed by atoms with Crippen LogP contribution >= 0.6 is 0 Å². The predicted molar refractivity (Wildman–Crippen MR) is 121 cm³/mol. The van der Waals surface area contributed by atoms with Crippen molar-refractivity contribution in [3.05, 3.63) is 89.6 Å². The zero-order valence-electron chi connectivity index (χ0n) is 17.8. The summed E-state index contributed by atoms with van der Waals surface area (Å²) in [5.41, 5.74) is 1.61. The molecule has 1 aliphatic heterocycles. The molecule has 0 bridgehead atoms. The molecule has 1 N–H and O–H groups in total. The minimum absolute atomic E-state index is 0.0858. The van der Waals surface area contributed by atoms with Gasteiger partial charge in [-0.05, 0) is 35.9 Å². The Bertz CT molecular complexity index is 1360. The summed E-state index contributed by atoms with van der Waals surface area (Å²) in [6, 6.07) is 12.8. The number of carbonyl (C=O) groups is 1. The smallest absolute Gasteiger partial charge is 0.345 e. The molecule has 1 amide bonds. The second-order valence-electron chi connectivity index (χ2n) is 7.16. The SMILES string of the molecule is COc1ccccc1C1=NS(=O)(=O)N(C)C(C(=O)Nc2cnn(Cc3ccc(F)cc3)c2)=C1.